The molecule has 0 unspecified atom stereocenters. The van der Waals surface area contributed by atoms with Gasteiger partial charge in [-0.3, -0.25) is 4.79 Å². The van der Waals surface area contributed by atoms with Crippen molar-refractivity contribution >= 4 is 29.3 Å². The van der Waals surface area contributed by atoms with Gasteiger partial charge in [-0.1, -0.05) is 42.8 Å². The molecule has 0 spiro atoms. The molecule has 1 heterocycles. The standard InChI is InChI=1S/C24H22ClN3O/c1-4-18-8-5-6-11-23(18)28-16(2)12-19(17(28)3)13-20(15-26)24(29)27-22-10-7-9-21(25)14-22/h5-14H,4H2,1-3H3,(H,27,29)/b20-13-. The number of halogens is 1. The van der Waals surface area contributed by atoms with E-state index >= 15 is 0 Å². The zero-order valence-electron chi connectivity index (χ0n) is 16.7. The van der Waals surface area contributed by atoms with Gasteiger partial charge in [-0.2, -0.15) is 5.26 Å². The smallest absolute Gasteiger partial charge is 0.266 e. The number of carbonyl (C=O) groups is 1. The molecule has 3 aromatic rings. The molecule has 0 radical (unpaired) electrons. The van der Waals surface area contributed by atoms with E-state index in [2.05, 4.69) is 28.9 Å². The normalized spacial score (nSPS) is 11.2. The zero-order chi connectivity index (χ0) is 21.0. The Labute approximate surface area is 176 Å². The molecule has 0 aliphatic carbocycles. The lowest BCUT2D eigenvalue weighted by molar-refractivity contribution is -0.112. The van der Waals surface area contributed by atoms with Crippen molar-refractivity contribution in [3.8, 4) is 11.8 Å². The van der Waals surface area contributed by atoms with Crippen molar-refractivity contribution in [1.29, 1.82) is 5.26 Å². The minimum Gasteiger partial charge on any atom is -0.321 e. The number of nitriles is 1. The zero-order valence-corrected chi connectivity index (χ0v) is 17.4. The molecule has 1 N–H and O–H groups in total. The summed E-state index contributed by atoms with van der Waals surface area (Å²) in [7, 11) is 0. The molecule has 4 nitrogen and oxygen atoms in total. The molecule has 0 fully saturated rings. The predicted octanol–water partition coefficient (Wildman–Crippen LogP) is 5.86. The number of aryl methyl sites for hydroxylation is 2. The van der Waals surface area contributed by atoms with Crippen molar-refractivity contribution in [2.24, 2.45) is 0 Å². The van der Waals surface area contributed by atoms with Crippen molar-refractivity contribution in [2.45, 2.75) is 27.2 Å². The second-order valence-corrected chi connectivity index (χ2v) is 7.21. The van der Waals surface area contributed by atoms with Crippen molar-refractivity contribution in [2.75, 3.05) is 5.32 Å². The van der Waals surface area contributed by atoms with E-state index < -0.39 is 5.91 Å². The summed E-state index contributed by atoms with van der Waals surface area (Å²) in [6, 6.07) is 19.1. The third-order valence-electron chi connectivity index (χ3n) is 4.83. The van der Waals surface area contributed by atoms with Crippen LogP contribution in [0.2, 0.25) is 5.02 Å². The number of rotatable bonds is 5. The lowest BCUT2D eigenvalue weighted by Gasteiger charge is -2.14. The Morgan fingerprint density at radius 3 is 2.62 bits per heavy atom. The van der Waals surface area contributed by atoms with Gasteiger partial charge in [-0.25, -0.2) is 0 Å². The molecule has 0 saturated carbocycles. The largest absolute Gasteiger partial charge is 0.321 e. The molecular formula is C24H22ClN3O. The molecule has 2 aromatic carbocycles. The van der Waals surface area contributed by atoms with Crippen LogP contribution in [0.3, 0.4) is 0 Å². The van der Waals surface area contributed by atoms with Gasteiger partial charge in [0.1, 0.15) is 11.6 Å². The summed E-state index contributed by atoms with van der Waals surface area (Å²) in [5.41, 5.74) is 5.80. The monoisotopic (exact) mass is 403 g/mol. The molecule has 0 bridgehead atoms. The van der Waals surface area contributed by atoms with Crippen LogP contribution in [-0.4, -0.2) is 10.5 Å². The van der Waals surface area contributed by atoms with Gasteiger partial charge in [0.25, 0.3) is 5.91 Å². The molecule has 5 heteroatoms. The van der Waals surface area contributed by atoms with Crippen LogP contribution in [0.25, 0.3) is 11.8 Å². The summed E-state index contributed by atoms with van der Waals surface area (Å²) < 4.78 is 2.16. The van der Waals surface area contributed by atoms with E-state index in [0.29, 0.717) is 10.7 Å². The Balaban J connectivity index is 1.97. The second kappa shape index (κ2) is 8.81. The Hall–Kier alpha value is -3.29. The summed E-state index contributed by atoms with van der Waals surface area (Å²) in [4.78, 5) is 12.6. The first-order valence-corrected chi connectivity index (χ1v) is 9.78. The van der Waals surface area contributed by atoms with Gasteiger partial charge >= 0.3 is 0 Å². The number of hydrogen-bond acceptors (Lipinski definition) is 2. The van der Waals surface area contributed by atoms with Crippen LogP contribution in [0, 0.1) is 25.2 Å². The first kappa shape index (κ1) is 20.4. The summed E-state index contributed by atoms with van der Waals surface area (Å²) in [6.45, 7) is 6.14. The average Bonchev–Trinajstić information content (AvgIpc) is 2.98. The number of benzene rings is 2. The molecule has 1 amide bonds. The van der Waals surface area contributed by atoms with Crippen LogP contribution in [0.5, 0.6) is 0 Å². The van der Waals surface area contributed by atoms with Gasteiger partial charge in [0, 0.05) is 27.8 Å². The highest BCUT2D eigenvalue weighted by atomic mass is 35.5. The number of nitrogens with zero attached hydrogens (tertiary/aromatic N) is 2. The number of para-hydroxylation sites is 1. The highest BCUT2D eigenvalue weighted by Gasteiger charge is 2.15. The number of carbonyl (C=O) groups excluding carboxylic acids is 1. The van der Waals surface area contributed by atoms with Crippen LogP contribution in [0.15, 0.2) is 60.2 Å². The molecule has 146 valence electrons. The third kappa shape index (κ3) is 4.42. The Kier molecular flexibility index (Phi) is 6.21. The van der Waals surface area contributed by atoms with Crippen LogP contribution in [0.1, 0.15) is 29.4 Å². The van der Waals surface area contributed by atoms with Gasteiger partial charge in [0.2, 0.25) is 0 Å². The predicted molar refractivity (Wildman–Crippen MR) is 118 cm³/mol. The molecule has 29 heavy (non-hydrogen) atoms. The van der Waals surface area contributed by atoms with Crippen LogP contribution in [0.4, 0.5) is 5.69 Å². The highest BCUT2D eigenvalue weighted by molar-refractivity contribution is 6.31. The number of nitrogens with one attached hydrogen (secondary N) is 1. The molecule has 1 aromatic heterocycles. The van der Waals surface area contributed by atoms with E-state index in [1.165, 1.54) is 5.56 Å². The fraction of sp³-hybridized carbons (Fsp3) is 0.167. The van der Waals surface area contributed by atoms with Gasteiger partial charge < -0.3 is 9.88 Å². The average molecular weight is 404 g/mol. The number of hydrogen-bond donors (Lipinski definition) is 1. The summed E-state index contributed by atoms with van der Waals surface area (Å²) >= 11 is 5.96. The first-order valence-electron chi connectivity index (χ1n) is 9.40. The minimum absolute atomic E-state index is 0.0361. The van der Waals surface area contributed by atoms with Crippen LogP contribution >= 0.6 is 11.6 Å². The van der Waals surface area contributed by atoms with Gasteiger partial charge in [0.15, 0.2) is 0 Å². The molecule has 0 atom stereocenters. The van der Waals surface area contributed by atoms with E-state index in [1.807, 2.05) is 38.1 Å². The van der Waals surface area contributed by atoms with Gasteiger partial charge in [-0.15, -0.1) is 0 Å². The lowest BCUT2D eigenvalue weighted by Crippen LogP contribution is -2.13. The molecular weight excluding hydrogens is 382 g/mol. The van der Waals surface area contributed by atoms with E-state index in [1.54, 1.807) is 30.3 Å². The summed E-state index contributed by atoms with van der Waals surface area (Å²) in [5.74, 6) is -0.464. The Bertz CT molecular complexity index is 1140. The van der Waals surface area contributed by atoms with Crippen molar-refractivity contribution < 1.29 is 4.79 Å². The molecule has 0 aliphatic heterocycles. The van der Waals surface area contributed by atoms with Gasteiger partial charge in [0.05, 0.1) is 0 Å². The maximum atomic E-state index is 12.6. The number of anilines is 1. The quantitative estimate of drug-likeness (QED) is 0.428. The minimum atomic E-state index is -0.464. The number of aromatic nitrogens is 1. The summed E-state index contributed by atoms with van der Waals surface area (Å²) in [6.07, 6.45) is 2.55. The third-order valence-corrected chi connectivity index (χ3v) is 5.07. The molecule has 0 aliphatic rings. The second-order valence-electron chi connectivity index (χ2n) is 6.78. The topological polar surface area (TPSA) is 57.8 Å². The fourth-order valence-electron chi connectivity index (χ4n) is 3.40. The molecule has 3 rings (SSSR count). The van der Waals surface area contributed by atoms with Crippen molar-refractivity contribution in [1.82, 2.24) is 4.57 Å². The van der Waals surface area contributed by atoms with Crippen LogP contribution in [-0.2, 0) is 11.2 Å². The Morgan fingerprint density at radius 2 is 1.93 bits per heavy atom. The van der Waals surface area contributed by atoms with Crippen molar-refractivity contribution in [3.63, 3.8) is 0 Å². The number of amides is 1. The van der Waals surface area contributed by atoms with Crippen molar-refractivity contribution in [3.05, 3.63) is 87.7 Å². The highest BCUT2D eigenvalue weighted by Crippen LogP contribution is 2.25. The van der Waals surface area contributed by atoms with E-state index in [9.17, 15) is 10.1 Å². The van der Waals surface area contributed by atoms with Gasteiger partial charge in [-0.05, 0) is 67.8 Å². The fourth-order valence-corrected chi connectivity index (χ4v) is 3.59. The van der Waals surface area contributed by atoms with E-state index in [0.717, 1.165) is 29.1 Å². The van der Waals surface area contributed by atoms with E-state index in [-0.39, 0.29) is 5.57 Å². The maximum absolute atomic E-state index is 12.6. The SMILES string of the molecule is CCc1ccccc1-n1c(C)cc(/C=C(/C#N)C(=O)Nc2cccc(Cl)c2)c1C. The summed E-state index contributed by atoms with van der Waals surface area (Å²) in [5, 5.41) is 12.8. The van der Waals surface area contributed by atoms with E-state index in [4.69, 9.17) is 11.6 Å². The maximum Gasteiger partial charge on any atom is 0.266 e. The lowest BCUT2D eigenvalue weighted by atomic mass is 10.1. The van der Waals surface area contributed by atoms with Crippen LogP contribution < -0.4 is 5.32 Å². The Morgan fingerprint density at radius 1 is 1.17 bits per heavy atom. The molecule has 0 saturated heterocycles. The first-order chi connectivity index (χ1) is 13.9.